The van der Waals surface area contributed by atoms with Crippen molar-refractivity contribution < 1.29 is 4.79 Å². The third-order valence-electron chi connectivity index (χ3n) is 6.74. The van der Waals surface area contributed by atoms with E-state index in [4.69, 9.17) is 10.7 Å². The molecule has 0 radical (unpaired) electrons. The number of fused-ring (bicyclic) bond motifs is 1. The molecule has 0 saturated heterocycles. The fourth-order valence-electron chi connectivity index (χ4n) is 4.77. The summed E-state index contributed by atoms with van der Waals surface area (Å²) in [5.41, 5.74) is 12.0. The molecule has 0 spiro atoms. The van der Waals surface area contributed by atoms with Crippen molar-refractivity contribution in [2.24, 2.45) is 13.0 Å². The Bertz CT molecular complexity index is 1610. The Hall–Kier alpha value is -4.59. The van der Waals surface area contributed by atoms with Crippen molar-refractivity contribution in [1.82, 2.24) is 24.7 Å². The number of nitrogen functional groups attached to an aromatic ring is 1. The van der Waals surface area contributed by atoms with E-state index in [1.54, 1.807) is 17.1 Å². The smallest absolute Gasteiger partial charge is 0.229 e. The molecule has 0 aliphatic heterocycles. The number of nitrogens with zero attached hydrogens (tertiary/aromatic N) is 5. The number of carbonyl (C=O) groups is 1. The van der Waals surface area contributed by atoms with E-state index in [9.17, 15) is 4.79 Å². The predicted molar refractivity (Wildman–Crippen MR) is 140 cm³/mol. The highest BCUT2D eigenvalue weighted by molar-refractivity contribution is 5.99. The Morgan fingerprint density at radius 1 is 1.11 bits per heavy atom. The highest BCUT2D eigenvalue weighted by Crippen LogP contribution is 2.47. The van der Waals surface area contributed by atoms with Gasteiger partial charge in [-0.15, -0.1) is 0 Å². The van der Waals surface area contributed by atoms with Crippen LogP contribution in [0.2, 0.25) is 0 Å². The molecule has 36 heavy (non-hydrogen) atoms. The second-order valence-electron chi connectivity index (χ2n) is 9.29. The van der Waals surface area contributed by atoms with E-state index in [1.807, 2.05) is 74.9 Å². The van der Waals surface area contributed by atoms with Crippen LogP contribution in [0.1, 0.15) is 23.5 Å². The maximum absolute atomic E-state index is 12.9. The van der Waals surface area contributed by atoms with Crippen LogP contribution in [0.5, 0.6) is 0 Å². The van der Waals surface area contributed by atoms with E-state index >= 15 is 0 Å². The number of benzene rings is 1. The SMILES string of the molecule is Cc1ccnc(-c2ccccc2)c1-c1cc2cc(NC(=O)[C@@H]3C[C@H]3c3cnn(C)c3)ncc2c(N)n1. The molecule has 1 aromatic carbocycles. The van der Waals surface area contributed by atoms with Crippen LogP contribution in [0.4, 0.5) is 11.6 Å². The average molecular weight is 476 g/mol. The molecule has 4 aromatic heterocycles. The van der Waals surface area contributed by atoms with Crippen LogP contribution >= 0.6 is 0 Å². The zero-order chi connectivity index (χ0) is 24.8. The number of pyridine rings is 3. The van der Waals surface area contributed by atoms with E-state index in [0.29, 0.717) is 11.6 Å². The summed E-state index contributed by atoms with van der Waals surface area (Å²) in [7, 11) is 1.88. The number of hydrogen-bond donors (Lipinski definition) is 2. The van der Waals surface area contributed by atoms with Gasteiger partial charge in [0, 0.05) is 48.1 Å². The molecule has 2 atom stereocenters. The fraction of sp³-hybridized carbons (Fsp3) is 0.179. The molecule has 5 aromatic rings. The quantitative estimate of drug-likeness (QED) is 0.380. The Morgan fingerprint density at radius 2 is 1.94 bits per heavy atom. The number of amides is 1. The first-order valence-electron chi connectivity index (χ1n) is 11.8. The number of hydrogen-bond acceptors (Lipinski definition) is 6. The largest absolute Gasteiger partial charge is 0.383 e. The van der Waals surface area contributed by atoms with Gasteiger partial charge in [0.15, 0.2) is 0 Å². The highest BCUT2D eigenvalue weighted by Gasteiger charge is 2.44. The summed E-state index contributed by atoms with van der Waals surface area (Å²) in [5.74, 6) is 0.972. The Labute approximate surface area is 208 Å². The van der Waals surface area contributed by atoms with Crippen LogP contribution < -0.4 is 11.1 Å². The van der Waals surface area contributed by atoms with Gasteiger partial charge >= 0.3 is 0 Å². The molecule has 6 rings (SSSR count). The first kappa shape index (κ1) is 21.9. The van der Waals surface area contributed by atoms with Crippen LogP contribution in [0.3, 0.4) is 0 Å². The van der Waals surface area contributed by atoms with Gasteiger partial charge in [0.05, 0.1) is 17.6 Å². The predicted octanol–water partition coefficient (Wildman–Crippen LogP) is 4.73. The molecular formula is C28H25N7O. The summed E-state index contributed by atoms with van der Waals surface area (Å²) in [4.78, 5) is 26.7. The summed E-state index contributed by atoms with van der Waals surface area (Å²) >= 11 is 0. The molecule has 1 fully saturated rings. The topological polar surface area (TPSA) is 112 Å². The lowest BCUT2D eigenvalue weighted by atomic mass is 9.97. The minimum Gasteiger partial charge on any atom is -0.383 e. The average Bonchev–Trinajstić information content (AvgIpc) is 3.57. The monoisotopic (exact) mass is 475 g/mol. The van der Waals surface area contributed by atoms with Crippen molar-refractivity contribution >= 4 is 28.3 Å². The Kier molecular flexibility index (Phi) is 5.21. The number of anilines is 2. The van der Waals surface area contributed by atoms with Gasteiger partial charge in [-0.25, -0.2) is 9.97 Å². The van der Waals surface area contributed by atoms with Gasteiger partial charge in [-0.1, -0.05) is 30.3 Å². The van der Waals surface area contributed by atoms with E-state index in [2.05, 4.69) is 20.4 Å². The van der Waals surface area contributed by atoms with E-state index in [-0.39, 0.29) is 17.7 Å². The molecule has 0 unspecified atom stereocenters. The lowest BCUT2D eigenvalue weighted by molar-refractivity contribution is -0.117. The molecular weight excluding hydrogens is 450 g/mol. The number of aromatic nitrogens is 5. The normalized spacial score (nSPS) is 16.7. The van der Waals surface area contributed by atoms with Gasteiger partial charge in [-0.05, 0) is 54.0 Å². The van der Waals surface area contributed by atoms with E-state index < -0.39 is 0 Å². The van der Waals surface area contributed by atoms with Gasteiger partial charge < -0.3 is 11.1 Å². The summed E-state index contributed by atoms with van der Waals surface area (Å²) in [6.45, 7) is 2.04. The maximum atomic E-state index is 12.9. The fourth-order valence-corrected chi connectivity index (χ4v) is 4.77. The summed E-state index contributed by atoms with van der Waals surface area (Å²) < 4.78 is 1.76. The van der Waals surface area contributed by atoms with Crippen molar-refractivity contribution in [3.63, 3.8) is 0 Å². The Morgan fingerprint density at radius 3 is 2.72 bits per heavy atom. The standard InChI is InChI=1S/C28H25N7O/c1-16-8-9-30-26(17-6-4-3-5-7-17)25(16)23-10-18-11-24(31-14-22(18)27(29)33-23)34-28(36)21-12-20(21)19-13-32-35(2)15-19/h3-11,13-15,20-21H,12H2,1-2H3,(H2,29,33)(H,31,34,36)/t20-,21+/m0/s1. The van der Waals surface area contributed by atoms with Crippen LogP contribution in [0.25, 0.3) is 33.3 Å². The molecule has 8 heteroatoms. The minimum atomic E-state index is -0.0729. The summed E-state index contributed by atoms with van der Waals surface area (Å²) in [6, 6.07) is 15.8. The summed E-state index contributed by atoms with van der Waals surface area (Å²) in [6.07, 6.45) is 8.08. The molecule has 178 valence electrons. The molecule has 1 aliphatic rings. The first-order chi connectivity index (χ1) is 17.5. The Balaban J connectivity index is 1.33. The van der Waals surface area contributed by atoms with Crippen molar-refractivity contribution in [1.29, 1.82) is 0 Å². The van der Waals surface area contributed by atoms with Crippen molar-refractivity contribution in [2.75, 3.05) is 11.1 Å². The van der Waals surface area contributed by atoms with Gasteiger partial charge in [-0.3, -0.25) is 14.5 Å². The van der Waals surface area contributed by atoms with Crippen molar-refractivity contribution in [2.45, 2.75) is 19.3 Å². The third-order valence-corrected chi connectivity index (χ3v) is 6.74. The van der Waals surface area contributed by atoms with Gasteiger partial charge in [0.25, 0.3) is 0 Å². The molecule has 0 bridgehead atoms. The van der Waals surface area contributed by atoms with Crippen LogP contribution in [0.15, 0.2) is 73.3 Å². The van der Waals surface area contributed by atoms with Crippen LogP contribution in [0, 0.1) is 12.8 Å². The number of carbonyl (C=O) groups excluding carboxylic acids is 1. The summed E-state index contributed by atoms with van der Waals surface area (Å²) in [5, 5.41) is 8.78. The number of aryl methyl sites for hydroxylation is 2. The number of nitrogens with one attached hydrogen (secondary N) is 1. The highest BCUT2D eigenvalue weighted by atomic mass is 16.2. The molecule has 1 saturated carbocycles. The van der Waals surface area contributed by atoms with Crippen LogP contribution in [-0.2, 0) is 11.8 Å². The van der Waals surface area contributed by atoms with E-state index in [0.717, 1.165) is 50.8 Å². The van der Waals surface area contributed by atoms with E-state index in [1.165, 1.54) is 0 Å². The molecule has 4 heterocycles. The maximum Gasteiger partial charge on any atom is 0.229 e. The first-order valence-corrected chi connectivity index (χ1v) is 11.8. The molecule has 1 amide bonds. The second-order valence-corrected chi connectivity index (χ2v) is 9.29. The third kappa shape index (κ3) is 3.96. The molecule has 1 aliphatic carbocycles. The number of nitrogens with two attached hydrogens (primary N) is 1. The van der Waals surface area contributed by atoms with Gasteiger partial charge in [-0.2, -0.15) is 5.10 Å². The van der Waals surface area contributed by atoms with Crippen molar-refractivity contribution in [3.8, 4) is 22.5 Å². The lowest BCUT2D eigenvalue weighted by Crippen LogP contribution is -2.15. The number of rotatable bonds is 5. The van der Waals surface area contributed by atoms with Crippen LogP contribution in [-0.4, -0.2) is 30.6 Å². The van der Waals surface area contributed by atoms with Gasteiger partial charge in [0.2, 0.25) is 5.91 Å². The zero-order valence-electron chi connectivity index (χ0n) is 20.0. The molecule has 8 nitrogen and oxygen atoms in total. The second kappa shape index (κ2) is 8.57. The zero-order valence-corrected chi connectivity index (χ0v) is 20.0. The van der Waals surface area contributed by atoms with Gasteiger partial charge in [0.1, 0.15) is 11.6 Å². The van der Waals surface area contributed by atoms with Crippen molar-refractivity contribution in [3.05, 3.63) is 84.4 Å². The molecule has 3 N–H and O–H groups in total. The minimum absolute atomic E-state index is 0.0348. The lowest BCUT2D eigenvalue weighted by Gasteiger charge is -2.14.